The van der Waals surface area contributed by atoms with Crippen LogP contribution in [-0.4, -0.2) is 4.98 Å². The van der Waals surface area contributed by atoms with Crippen molar-refractivity contribution in [2.75, 3.05) is 0 Å². The summed E-state index contributed by atoms with van der Waals surface area (Å²) in [5, 5.41) is 2.46. The van der Waals surface area contributed by atoms with Gasteiger partial charge in [0.1, 0.15) is 0 Å². The molecule has 0 spiro atoms. The summed E-state index contributed by atoms with van der Waals surface area (Å²) in [6.45, 7) is 0. The van der Waals surface area contributed by atoms with Crippen molar-refractivity contribution in [2.45, 2.75) is 0 Å². The maximum atomic E-state index is 4.05. The van der Waals surface area contributed by atoms with Crippen LogP contribution < -0.4 is 0 Å². The van der Waals surface area contributed by atoms with E-state index in [4.69, 9.17) is 0 Å². The summed E-state index contributed by atoms with van der Waals surface area (Å²) in [6.07, 6.45) is 3.70. The summed E-state index contributed by atoms with van der Waals surface area (Å²) in [4.78, 5) is 4.05. The van der Waals surface area contributed by atoms with Crippen LogP contribution in [-0.2, 0) is 0 Å². The van der Waals surface area contributed by atoms with Gasteiger partial charge in [-0.3, -0.25) is 4.98 Å². The van der Waals surface area contributed by atoms with Gasteiger partial charge in [0, 0.05) is 21.4 Å². The third-order valence-corrected chi connectivity index (χ3v) is 2.27. The molecule has 0 N–H and O–H groups in total. The lowest BCUT2D eigenvalue weighted by Gasteiger charge is -1.95. The van der Waals surface area contributed by atoms with Crippen molar-refractivity contribution in [1.29, 1.82) is 0 Å². The van der Waals surface area contributed by atoms with Crippen LogP contribution in [0.4, 0.5) is 0 Å². The summed E-state index contributed by atoms with van der Waals surface area (Å²) >= 11 is 2.30. The smallest absolute Gasteiger partial charge is 0.0346 e. The number of halogens is 1. The first kappa shape index (κ1) is 7.03. The molecule has 0 fully saturated rings. The minimum Gasteiger partial charge on any atom is -0.264 e. The van der Waals surface area contributed by atoms with Crippen molar-refractivity contribution in [3.63, 3.8) is 0 Å². The zero-order valence-corrected chi connectivity index (χ0v) is 7.95. The van der Waals surface area contributed by atoms with E-state index in [0.29, 0.717) is 0 Å². The zero-order chi connectivity index (χ0) is 7.68. The number of hydrogen-bond acceptors (Lipinski definition) is 1. The van der Waals surface area contributed by atoms with Gasteiger partial charge >= 0.3 is 0 Å². The van der Waals surface area contributed by atoms with E-state index in [2.05, 4.69) is 45.8 Å². The topological polar surface area (TPSA) is 12.9 Å². The lowest BCUT2D eigenvalue weighted by atomic mass is 10.2. The van der Waals surface area contributed by atoms with Gasteiger partial charge in [-0.2, -0.15) is 0 Å². The van der Waals surface area contributed by atoms with Gasteiger partial charge in [0.15, 0.2) is 0 Å². The summed E-state index contributed by atoms with van der Waals surface area (Å²) in [7, 11) is 0. The average Bonchev–Trinajstić information content (AvgIpc) is 2.04. The Labute approximate surface area is 78.6 Å². The molecule has 0 aliphatic heterocycles. The molecule has 0 amide bonds. The fraction of sp³-hybridized carbons (Fsp3) is 0. The molecule has 0 unspecified atom stereocenters. The number of fused-ring (bicyclic) bond motifs is 1. The lowest BCUT2D eigenvalue weighted by Crippen LogP contribution is -1.75. The predicted molar refractivity (Wildman–Crippen MR) is 54.5 cm³/mol. The van der Waals surface area contributed by atoms with Crippen molar-refractivity contribution >= 4 is 33.4 Å². The molecule has 0 saturated carbocycles. The van der Waals surface area contributed by atoms with Gasteiger partial charge in [-0.1, -0.05) is 6.07 Å². The summed E-state index contributed by atoms with van der Waals surface area (Å²) in [5.41, 5.74) is 0. The highest BCUT2D eigenvalue weighted by Crippen LogP contribution is 2.15. The first-order valence-corrected chi connectivity index (χ1v) is 4.43. The molecule has 1 heterocycles. The molecule has 0 bridgehead atoms. The lowest BCUT2D eigenvalue weighted by molar-refractivity contribution is 1.36. The van der Waals surface area contributed by atoms with Crippen molar-refractivity contribution < 1.29 is 0 Å². The standard InChI is InChI=1S/C9H6IN/c10-9-2-1-7-3-4-11-6-8(7)5-9/h1-6H. The third-order valence-electron chi connectivity index (χ3n) is 1.60. The van der Waals surface area contributed by atoms with Gasteiger partial charge in [0.05, 0.1) is 0 Å². The van der Waals surface area contributed by atoms with Crippen molar-refractivity contribution in [1.82, 2.24) is 4.98 Å². The van der Waals surface area contributed by atoms with Crippen LogP contribution in [0.25, 0.3) is 10.8 Å². The molecule has 0 aliphatic carbocycles. The van der Waals surface area contributed by atoms with E-state index in [-0.39, 0.29) is 0 Å². The maximum absolute atomic E-state index is 4.05. The highest BCUT2D eigenvalue weighted by Gasteiger charge is 1.91. The van der Waals surface area contributed by atoms with Gasteiger partial charge in [0.25, 0.3) is 0 Å². The highest BCUT2D eigenvalue weighted by molar-refractivity contribution is 14.1. The molecule has 0 saturated heterocycles. The summed E-state index contributed by atoms with van der Waals surface area (Å²) < 4.78 is 1.25. The van der Waals surface area contributed by atoms with Crippen molar-refractivity contribution in [3.8, 4) is 0 Å². The van der Waals surface area contributed by atoms with E-state index in [1.165, 1.54) is 14.3 Å². The van der Waals surface area contributed by atoms with E-state index in [1.54, 1.807) is 0 Å². The normalized spacial score (nSPS) is 10.3. The van der Waals surface area contributed by atoms with E-state index >= 15 is 0 Å². The Kier molecular flexibility index (Phi) is 1.77. The molecular formula is C9H6IN. The predicted octanol–water partition coefficient (Wildman–Crippen LogP) is 2.84. The maximum Gasteiger partial charge on any atom is 0.0346 e. The molecular weight excluding hydrogens is 249 g/mol. The van der Waals surface area contributed by atoms with E-state index < -0.39 is 0 Å². The fourth-order valence-electron chi connectivity index (χ4n) is 1.06. The van der Waals surface area contributed by atoms with Crippen LogP contribution in [0.15, 0.2) is 36.7 Å². The van der Waals surface area contributed by atoms with Crippen LogP contribution in [0.1, 0.15) is 0 Å². The van der Waals surface area contributed by atoms with Gasteiger partial charge in [-0.25, -0.2) is 0 Å². The van der Waals surface area contributed by atoms with Crippen molar-refractivity contribution in [2.24, 2.45) is 0 Å². The summed E-state index contributed by atoms with van der Waals surface area (Å²) in [5.74, 6) is 0. The van der Waals surface area contributed by atoms with Gasteiger partial charge in [-0.15, -0.1) is 0 Å². The van der Waals surface area contributed by atoms with Gasteiger partial charge in [-0.05, 0) is 46.2 Å². The minimum atomic E-state index is 1.21. The Hall–Kier alpha value is -0.640. The Balaban J connectivity index is 2.83. The number of benzene rings is 1. The molecule has 1 aromatic carbocycles. The Bertz CT molecular complexity index is 384. The van der Waals surface area contributed by atoms with E-state index in [0.717, 1.165) is 0 Å². The first-order valence-electron chi connectivity index (χ1n) is 3.35. The third kappa shape index (κ3) is 1.35. The van der Waals surface area contributed by atoms with E-state index in [9.17, 15) is 0 Å². The highest BCUT2D eigenvalue weighted by atomic mass is 127. The Morgan fingerprint density at radius 1 is 1.09 bits per heavy atom. The van der Waals surface area contributed by atoms with E-state index in [1.807, 2.05) is 18.5 Å². The zero-order valence-electron chi connectivity index (χ0n) is 5.79. The number of pyridine rings is 1. The number of nitrogens with zero attached hydrogens (tertiary/aromatic N) is 1. The second-order valence-corrected chi connectivity index (χ2v) is 3.61. The van der Waals surface area contributed by atoms with Gasteiger partial charge in [0.2, 0.25) is 0 Å². The van der Waals surface area contributed by atoms with Crippen LogP contribution in [0, 0.1) is 3.57 Å². The molecule has 0 atom stereocenters. The molecule has 0 aliphatic rings. The number of aromatic nitrogens is 1. The number of hydrogen-bond donors (Lipinski definition) is 0. The van der Waals surface area contributed by atoms with Crippen LogP contribution in [0.5, 0.6) is 0 Å². The Morgan fingerprint density at radius 3 is 2.91 bits per heavy atom. The molecule has 1 nitrogen and oxygen atoms in total. The average molecular weight is 255 g/mol. The molecule has 1 aromatic heterocycles. The molecule has 11 heavy (non-hydrogen) atoms. The molecule has 0 radical (unpaired) electrons. The molecule has 2 rings (SSSR count). The van der Waals surface area contributed by atoms with Gasteiger partial charge < -0.3 is 0 Å². The van der Waals surface area contributed by atoms with Crippen LogP contribution in [0.2, 0.25) is 0 Å². The quantitative estimate of drug-likeness (QED) is 0.659. The number of rotatable bonds is 0. The second kappa shape index (κ2) is 2.77. The fourth-order valence-corrected chi connectivity index (χ4v) is 1.57. The van der Waals surface area contributed by atoms with Crippen LogP contribution in [0.3, 0.4) is 0 Å². The SMILES string of the molecule is Ic1ccc2ccncc2c1. The van der Waals surface area contributed by atoms with Crippen LogP contribution >= 0.6 is 22.6 Å². The largest absolute Gasteiger partial charge is 0.264 e. The first-order chi connectivity index (χ1) is 5.36. The monoisotopic (exact) mass is 255 g/mol. The Morgan fingerprint density at radius 2 is 2.00 bits per heavy atom. The molecule has 2 heteroatoms. The summed E-state index contributed by atoms with van der Waals surface area (Å²) in [6, 6.07) is 8.36. The minimum absolute atomic E-state index is 1.21. The molecule has 54 valence electrons. The second-order valence-electron chi connectivity index (χ2n) is 2.37. The molecule has 2 aromatic rings. The van der Waals surface area contributed by atoms with Crippen molar-refractivity contribution in [3.05, 3.63) is 40.2 Å².